The predicted octanol–water partition coefficient (Wildman–Crippen LogP) is 6.80. The van der Waals surface area contributed by atoms with Crippen LogP contribution >= 0.6 is 0 Å². The molecular formula is C28H24CrN4+3. The quantitative estimate of drug-likeness (QED) is 0.251. The van der Waals surface area contributed by atoms with Gasteiger partial charge in [-0.1, -0.05) is 48.5 Å². The van der Waals surface area contributed by atoms with Gasteiger partial charge in [-0.15, -0.1) is 0 Å². The number of hydrogen-bond donors (Lipinski definition) is 0. The minimum atomic E-state index is 0. The Labute approximate surface area is 203 Å². The molecule has 0 fully saturated rings. The topological polar surface area (TPSA) is 51.6 Å². The molecule has 5 rings (SSSR count). The van der Waals surface area contributed by atoms with Crippen LogP contribution in [0.4, 0.5) is 0 Å². The molecular weight excluding hydrogens is 444 g/mol. The molecule has 4 aromatic carbocycles. The molecule has 0 saturated heterocycles. The number of nitrogens with zero attached hydrogens (tertiary/aromatic N) is 4. The van der Waals surface area contributed by atoms with Crippen LogP contribution in [-0.2, 0) is 17.4 Å². The fourth-order valence-electron chi connectivity index (χ4n) is 4.02. The average Bonchev–Trinajstić information content (AvgIpc) is 2.79. The van der Waals surface area contributed by atoms with Gasteiger partial charge < -0.3 is 0 Å². The van der Waals surface area contributed by atoms with Crippen LogP contribution in [0.5, 0.6) is 0 Å². The maximum absolute atomic E-state index is 4.98. The largest absolute Gasteiger partial charge is 3.00 e. The summed E-state index contributed by atoms with van der Waals surface area (Å²) < 4.78 is 0. The summed E-state index contributed by atoms with van der Waals surface area (Å²) >= 11 is 0. The third kappa shape index (κ3) is 4.30. The van der Waals surface area contributed by atoms with Crippen molar-refractivity contribution in [1.29, 1.82) is 0 Å². The number of aromatic nitrogens is 4. The molecule has 0 saturated carbocycles. The summed E-state index contributed by atoms with van der Waals surface area (Å²) in [6, 6.07) is 24.7. The van der Waals surface area contributed by atoms with Crippen molar-refractivity contribution in [3.8, 4) is 0 Å². The van der Waals surface area contributed by atoms with Crippen molar-refractivity contribution >= 4 is 43.6 Å². The van der Waals surface area contributed by atoms with E-state index in [9.17, 15) is 0 Å². The number of rotatable bonds is 0. The molecule has 1 heterocycles. The summed E-state index contributed by atoms with van der Waals surface area (Å²) in [5.74, 6) is 0. The SMILES string of the molecule is Cc1nc2cccc3cccc(nc(C)c(C)nc4cccc5cccc(nc1C)c54)c32.[Cr+3]. The molecule has 1 radical (unpaired) electrons. The Bertz CT molecular complexity index is 1390. The van der Waals surface area contributed by atoms with Gasteiger partial charge in [-0.3, -0.25) is 19.9 Å². The van der Waals surface area contributed by atoms with E-state index >= 15 is 0 Å². The van der Waals surface area contributed by atoms with Crippen molar-refractivity contribution in [3.63, 3.8) is 0 Å². The van der Waals surface area contributed by atoms with Gasteiger partial charge in [-0.2, -0.15) is 0 Å². The normalized spacial score (nSPS) is 10.8. The Morgan fingerprint density at radius 2 is 0.636 bits per heavy atom. The second-order valence-electron chi connectivity index (χ2n) is 8.09. The van der Waals surface area contributed by atoms with Crippen LogP contribution in [0.1, 0.15) is 22.8 Å². The molecule has 0 aliphatic carbocycles. The summed E-state index contributed by atoms with van der Waals surface area (Å²) in [5, 5.41) is 4.29. The zero-order valence-corrected chi connectivity index (χ0v) is 20.4. The molecule has 0 aliphatic heterocycles. The van der Waals surface area contributed by atoms with Gasteiger partial charge in [0.1, 0.15) is 0 Å². The zero-order chi connectivity index (χ0) is 22.2. The fraction of sp³-hybridized carbons (Fsp3) is 0.143. The summed E-state index contributed by atoms with van der Waals surface area (Å²) in [6.07, 6.45) is 0. The molecule has 0 N–H and O–H groups in total. The molecule has 0 atom stereocenters. The van der Waals surface area contributed by atoms with E-state index < -0.39 is 0 Å². The fourth-order valence-corrected chi connectivity index (χ4v) is 4.02. The molecule has 0 amide bonds. The van der Waals surface area contributed by atoms with Crippen LogP contribution in [0.3, 0.4) is 0 Å². The van der Waals surface area contributed by atoms with Crippen molar-refractivity contribution in [3.05, 3.63) is 95.6 Å². The molecule has 33 heavy (non-hydrogen) atoms. The second kappa shape index (κ2) is 9.23. The standard InChI is InChI=1S/C28H24N4.Cr/c1-17-18(2)30-24-14-6-11-22-12-8-16-26(28(22)24)32-20(4)19(3)31-25-15-7-10-21-9-5-13-23(29-17)27(21)25;/h5-16H,1-4H3;/q;+3. The van der Waals surface area contributed by atoms with Gasteiger partial charge in [-0.05, 0) is 62.7 Å². The first-order chi connectivity index (χ1) is 15.5. The van der Waals surface area contributed by atoms with Crippen LogP contribution in [0.15, 0.2) is 72.8 Å². The number of aryl methyl sites for hydroxylation is 4. The predicted molar refractivity (Wildman–Crippen MR) is 133 cm³/mol. The third-order valence-corrected chi connectivity index (χ3v) is 5.92. The first-order valence-corrected chi connectivity index (χ1v) is 10.8. The molecule has 0 bridgehead atoms. The molecule has 0 aliphatic rings. The van der Waals surface area contributed by atoms with Crippen LogP contribution in [0.2, 0.25) is 0 Å². The van der Waals surface area contributed by atoms with Crippen LogP contribution in [0.25, 0.3) is 43.6 Å². The van der Waals surface area contributed by atoms with Crippen molar-refractivity contribution < 1.29 is 17.4 Å². The Morgan fingerprint density at radius 3 is 0.879 bits per heavy atom. The monoisotopic (exact) mass is 468 g/mol. The molecule has 0 spiro atoms. The van der Waals surface area contributed by atoms with Gasteiger partial charge in [0.2, 0.25) is 0 Å². The number of benzene rings is 4. The van der Waals surface area contributed by atoms with E-state index in [1.165, 1.54) is 0 Å². The van der Waals surface area contributed by atoms with Crippen molar-refractivity contribution in [2.45, 2.75) is 27.7 Å². The second-order valence-corrected chi connectivity index (χ2v) is 8.09. The van der Waals surface area contributed by atoms with Gasteiger partial charge in [0.05, 0.1) is 44.8 Å². The van der Waals surface area contributed by atoms with E-state index in [1.807, 2.05) is 76.2 Å². The van der Waals surface area contributed by atoms with E-state index in [4.69, 9.17) is 19.9 Å². The maximum Gasteiger partial charge on any atom is 3.00 e. The summed E-state index contributed by atoms with van der Waals surface area (Å²) in [6.45, 7) is 8.04. The molecule has 4 nitrogen and oxygen atoms in total. The minimum absolute atomic E-state index is 0. The summed E-state index contributed by atoms with van der Waals surface area (Å²) in [7, 11) is 0. The van der Waals surface area contributed by atoms with Gasteiger partial charge in [0.25, 0.3) is 0 Å². The molecule has 5 aromatic rings. The average molecular weight is 469 g/mol. The maximum atomic E-state index is 4.98. The molecule has 159 valence electrons. The molecule has 5 heteroatoms. The summed E-state index contributed by atoms with van der Waals surface area (Å²) in [5.41, 5.74) is 7.08. The minimum Gasteiger partial charge on any atom is -0.251 e. The van der Waals surface area contributed by atoms with Crippen LogP contribution in [0, 0.1) is 27.7 Å². The van der Waals surface area contributed by atoms with E-state index in [0.717, 1.165) is 66.4 Å². The summed E-state index contributed by atoms with van der Waals surface area (Å²) in [4.78, 5) is 19.9. The Kier molecular flexibility index (Phi) is 6.38. The Hall–Kier alpha value is -3.39. The zero-order valence-electron chi connectivity index (χ0n) is 19.1. The van der Waals surface area contributed by atoms with E-state index in [2.05, 4.69) is 24.3 Å². The smallest absolute Gasteiger partial charge is 0.251 e. The van der Waals surface area contributed by atoms with Crippen LogP contribution in [-0.4, -0.2) is 19.9 Å². The van der Waals surface area contributed by atoms with Crippen molar-refractivity contribution in [2.24, 2.45) is 0 Å². The van der Waals surface area contributed by atoms with Gasteiger partial charge in [-0.25, -0.2) is 0 Å². The number of hydrogen-bond acceptors (Lipinski definition) is 4. The van der Waals surface area contributed by atoms with Crippen molar-refractivity contribution in [2.75, 3.05) is 0 Å². The molecule has 0 unspecified atom stereocenters. The van der Waals surface area contributed by atoms with Gasteiger partial charge >= 0.3 is 17.4 Å². The van der Waals surface area contributed by atoms with Crippen LogP contribution < -0.4 is 0 Å². The Balaban J connectivity index is 0.00000259. The molecule has 1 aromatic heterocycles. The third-order valence-electron chi connectivity index (χ3n) is 5.92. The van der Waals surface area contributed by atoms with E-state index in [1.54, 1.807) is 0 Å². The van der Waals surface area contributed by atoms with Crippen molar-refractivity contribution in [1.82, 2.24) is 19.9 Å². The first kappa shape index (κ1) is 22.8. The van der Waals surface area contributed by atoms with Gasteiger partial charge in [0, 0.05) is 10.8 Å². The van der Waals surface area contributed by atoms with E-state index in [0.29, 0.717) is 0 Å². The Morgan fingerprint density at radius 1 is 0.394 bits per heavy atom. The van der Waals surface area contributed by atoms with E-state index in [-0.39, 0.29) is 17.4 Å². The first-order valence-electron chi connectivity index (χ1n) is 10.8. The van der Waals surface area contributed by atoms with Gasteiger partial charge in [0.15, 0.2) is 0 Å².